The number of hydrogen-bond donors (Lipinski definition) is 2. The molecule has 8 heteroatoms. The standard InChI is InChI=1S/C23H32N4O3S/c1-18-4-9-22(16-19(18)2)31(29,30)24-11-10-23(28)25-21-7-5-20(6-8-21)17-27-14-12-26(3)13-15-27/h4-9,16,24H,10-15,17H2,1-3H3,(H,25,28). The van der Waals surface area contributed by atoms with Crippen LogP contribution in [0.1, 0.15) is 23.1 Å². The van der Waals surface area contributed by atoms with E-state index in [1.807, 2.05) is 38.1 Å². The molecule has 0 spiro atoms. The second-order valence-corrected chi connectivity index (χ2v) is 9.99. The van der Waals surface area contributed by atoms with Crippen molar-refractivity contribution >= 4 is 21.6 Å². The molecule has 1 aliphatic rings. The van der Waals surface area contributed by atoms with Gasteiger partial charge in [-0.05, 0) is 61.9 Å². The Labute approximate surface area is 185 Å². The van der Waals surface area contributed by atoms with Crippen LogP contribution in [-0.2, 0) is 21.4 Å². The van der Waals surface area contributed by atoms with Crippen LogP contribution >= 0.6 is 0 Å². The molecular weight excluding hydrogens is 412 g/mol. The van der Waals surface area contributed by atoms with E-state index in [4.69, 9.17) is 0 Å². The normalized spacial score (nSPS) is 15.7. The van der Waals surface area contributed by atoms with Crippen LogP contribution in [0.2, 0.25) is 0 Å². The summed E-state index contributed by atoms with van der Waals surface area (Å²) < 4.78 is 27.3. The van der Waals surface area contributed by atoms with Gasteiger partial charge in [0, 0.05) is 51.4 Å². The summed E-state index contributed by atoms with van der Waals surface area (Å²) in [6.07, 6.45) is 0.0626. The molecule has 168 valence electrons. The molecule has 0 aromatic heterocycles. The van der Waals surface area contributed by atoms with Gasteiger partial charge in [-0.3, -0.25) is 9.69 Å². The van der Waals surface area contributed by atoms with Crippen molar-refractivity contribution in [2.24, 2.45) is 0 Å². The largest absolute Gasteiger partial charge is 0.326 e. The summed E-state index contributed by atoms with van der Waals surface area (Å²) in [4.78, 5) is 17.2. The Hall–Kier alpha value is -2.26. The van der Waals surface area contributed by atoms with Gasteiger partial charge >= 0.3 is 0 Å². The van der Waals surface area contributed by atoms with E-state index >= 15 is 0 Å². The highest BCUT2D eigenvalue weighted by atomic mass is 32.2. The molecule has 1 fully saturated rings. The molecule has 2 aromatic rings. The maximum Gasteiger partial charge on any atom is 0.240 e. The summed E-state index contributed by atoms with van der Waals surface area (Å²) in [7, 11) is -1.49. The number of aryl methyl sites for hydroxylation is 2. The molecule has 2 aromatic carbocycles. The molecule has 1 amide bonds. The lowest BCUT2D eigenvalue weighted by atomic mass is 10.1. The maximum absolute atomic E-state index is 12.4. The number of anilines is 1. The van der Waals surface area contributed by atoms with E-state index in [0.29, 0.717) is 5.69 Å². The highest BCUT2D eigenvalue weighted by molar-refractivity contribution is 7.89. The SMILES string of the molecule is Cc1ccc(S(=O)(=O)NCCC(=O)Nc2ccc(CN3CCN(C)CC3)cc2)cc1C. The van der Waals surface area contributed by atoms with Crippen LogP contribution < -0.4 is 10.0 Å². The van der Waals surface area contributed by atoms with Gasteiger partial charge in [-0.1, -0.05) is 18.2 Å². The lowest BCUT2D eigenvalue weighted by Crippen LogP contribution is -2.43. The number of carbonyl (C=O) groups excluding carboxylic acids is 1. The molecule has 1 heterocycles. The molecule has 1 aliphatic heterocycles. The van der Waals surface area contributed by atoms with Gasteiger partial charge in [-0.15, -0.1) is 0 Å². The Bertz CT molecular complexity index is 998. The zero-order valence-corrected chi connectivity index (χ0v) is 19.3. The van der Waals surface area contributed by atoms with Gasteiger partial charge in [0.25, 0.3) is 0 Å². The van der Waals surface area contributed by atoms with E-state index in [1.54, 1.807) is 18.2 Å². The summed E-state index contributed by atoms with van der Waals surface area (Å²) in [5.74, 6) is -0.227. The Kier molecular flexibility index (Phi) is 7.83. The fourth-order valence-corrected chi connectivity index (χ4v) is 4.56. The minimum absolute atomic E-state index is 0.0442. The summed E-state index contributed by atoms with van der Waals surface area (Å²) >= 11 is 0. The van der Waals surface area contributed by atoms with Crippen LogP contribution in [-0.4, -0.2) is 63.9 Å². The highest BCUT2D eigenvalue weighted by Crippen LogP contribution is 2.15. The fraction of sp³-hybridized carbons (Fsp3) is 0.435. The van der Waals surface area contributed by atoms with E-state index in [2.05, 4.69) is 26.9 Å². The number of amides is 1. The van der Waals surface area contributed by atoms with E-state index in [-0.39, 0.29) is 23.8 Å². The number of likely N-dealkylation sites (N-methyl/N-ethyl adjacent to an activating group) is 1. The first-order valence-electron chi connectivity index (χ1n) is 10.6. The minimum atomic E-state index is -3.63. The van der Waals surface area contributed by atoms with Crippen LogP contribution in [0.25, 0.3) is 0 Å². The molecule has 0 radical (unpaired) electrons. The third-order valence-electron chi connectivity index (χ3n) is 5.67. The van der Waals surface area contributed by atoms with Gasteiger partial charge in [0.1, 0.15) is 0 Å². The Morgan fingerprint density at radius 1 is 0.968 bits per heavy atom. The second kappa shape index (κ2) is 10.4. The first-order valence-corrected chi connectivity index (χ1v) is 12.1. The first kappa shape index (κ1) is 23.4. The minimum Gasteiger partial charge on any atom is -0.326 e. The molecular formula is C23H32N4O3S. The first-order chi connectivity index (χ1) is 14.7. The van der Waals surface area contributed by atoms with Gasteiger partial charge in [-0.2, -0.15) is 0 Å². The molecule has 0 bridgehead atoms. The van der Waals surface area contributed by atoms with Crippen molar-refractivity contribution in [3.05, 3.63) is 59.2 Å². The van der Waals surface area contributed by atoms with Crippen molar-refractivity contribution < 1.29 is 13.2 Å². The lowest BCUT2D eigenvalue weighted by Gasteiger charge is -2.32. The smallest absolute Gasteiger partial charge is 0.240 e. The Balaban J connectivity index is 1.44. The predicted octanol–water partition coefficient (Wildman–Crippen LogP) is 2.36. The van der Waals surface area contributed by atoms with Crippen molar-refractivity contribution in [3.8, 4) is 0 Å². The summed E-state index contributed by atoms with van der Waals surface area (Å²) in [5, 5.41) is 2.83. The molecule has 0 saturated carbocycles. The molecule has 2 N–H and O–H groups in total. The maximum atomic E-state index is 12.4. The van der Waals surface area contributed by atoms with Crippen LogP contribution in [0.3, 0.4) is 0 Å². The van der Waals surface area contributed by atoms with Crippen molar-refractivity contribution in [2.45, 2.75) is 31.7 Å². The van der Waals surface area contributed by atoms with Gasteiger partial charge in [0.05, 0.1) is 4.90 Å². The van der Waals surface area contributed by atoms with Crippen molar-refractivity contribution in [3.63, 3.8) is 0 Å². The van der Waals surface area contributed by atoms with Crippen molar-refractivity contribution in [1.29, 1.82) is 0 Å². The Morgan fingerprint density at radius 2 is 1.65 bits per heavy atom. The van der Waals surface area contributed by atoms with E-state index in [0.717, 1.165) is 43.9 Å². The fourth-order valence-electron chi connectivity index (χ4n) is 3.44. The number of piperazine rings is 1. The quantitative estimate of drug-likeness (QED) is 0.653. The lowest BCUT2D eigenvalue weighted by molar-refractivity contribution is -0.116. The molecule has 0 unspecified atom stereocenters. The second-order valence-electron chi connectivity index (χ2n) is 8.22. The van der Waals surface area contributed by atoms with Gasteiger partial charge in [0.2, 0.25) is 15.9 Å². The number of nitrogens with one attached hydrogen (secondary N) is 2. The average Bonchev–Trinajstić information content (AvgIpc) is 2.73. The molecule has 0 atom stereocenters. The van der Waals surface area contributed by atoms with Gasteiger partial charge in [-0.25, -0.2) is 13.1 Å². The van der Waals surface area contributed by atoms with E-state index in [9.17, 15) is 13.2 Å². The summed E-state index contributed by atoms with van der Waals surface area (Å²) in [6, 6.07) is 12.8. The molecule has 1 saturated heterocycles. The average molecular weight is 445 g/mol. The zero-order valence-electron chi connectivity index (χ0n) is 18.5. The number of carbonyl (C=O) groups is 1. The van der Waals surface area contributed by atoms with Gasteiger partial charge in [0.15, 0.2) is 0 Å². The van der Waals surface area contributed by atoms with Crippen molar-refractivity contribution in [1.82, 2.24) is 14.5 Å². The molecule has 31 heavy (non-hydrogen) atoms. The predicted molar refractivity (Wildman–Crippen MR) is 124 cm³/mol. The number of rotatable bonds is 8. The van der Waals surface area contributed by atoms with Crippen molar-refractivity contribution in [2.75, 3.05) is 45.1 Å². The summed E-state index contributed by atoms with van der Waals surface area (Å²) in [5.41, 5.74) is 3.87. The Morgan fingerprint density at radius 3 is 2.29 bits per heavy atom. The van der Waals surface area contributed by atoms with Crippen LogP contribution in [0.4, 0.5) is 5.69 Å². The zero-order chi connectivity index (χ0) is 22.4. The van der Waals surface area contributed by atoms with Crippen LogP contribution in [0, 0.1) is 13.8 Å². The number of benzene rings is 2. The monoisotopic (exact) mass is 444 g/mol. The van der Waals surface area contributed by atoms with E-state index in [1.165, 1.54) is 5.56 Å². The topological polar surface area (TPSA) is 81.7 Å². The number of hydrogen-bond acceptors (Lipinski definition) is 5. The third kappa shape index (κ3) is 6.87. The molecule has 7 nitrogen and oxygen atoms in total. The highest BCUT2D eigenvalue weighted by Gasteiger charge is 2.16. The van der Waals surface area contributed by atoms with Crippen LogP contribution in [0.5, 0.6) is 0 Å². The van der Waals surface area contributed by atoms with Gasteiger partial charge < -0.3 is 10.2 Å². The summed E-state index contributed by atoms with van der Waals surface area (Å²) in [6.45, 7) is 9.05. The third-order valence-corrected chi connectivity index (χ3v) is 7.13. The molecule has 0 aliphatic carbocycles. The molecule has 3 rings (SSSR count). The van der Waals surface area contributed by atoms with E-state index < -0.39 is 10.0 Å². The number of nitrogens with zero attached hydrogens (tertiary/aromatic N) is 2. The number of sulfonamides is 1. The van der Waals surface area contributed by atoms with Crippen LogP contribution in [0.15, 0.2) is 47.4 Å².